The highest BCUT2D eigenvalue weighted by Crippen LogP contribution is 2.28. The van der Waals surface area contributed by atoms with E-state index in [1.54, 1.807) is 21.4 Å². The zero-order valence-corrected chi connectivity index (χ0v) is 16.5. The molecular formula is C23H20N4O4. The predicted octanol–water partition coefficient (Wildman–Crippen LogP) is 2.79. The van der Waals surface area contributed by atoms with Crippen LogP contribution in [0.15, 0.2) is 65.6 Å². The first kappa shape index (κ1) is 19.1. The number of carboxylic acid groups (broad SMARTS) is 1. The van der Waals surface area contributed by atoms with Crippen LogP contribution >= 0.6 is 0 Å². The fraction of sp³-hybridized carbons (Fsp3) is 0.174. The number of nitrogens with one attached hydrogen (secondary N) is 1. The first-order valence-corrected chi connectivity index (χ1v) is 10.0. The first-order valence-electron chi connectivity index (χ1n) is 10.0. The number of benzene rings is 2. The summed E-state index contributed by atoms with van der Waals surface area (Å²) in [7, 11) is 0. The van der Waals surface area contributed by atoms with Gasteiger partial charge in [-0.3, -0.25) is 9.13 Å². The molecule has 3 N–H and O–H groups in total. The molecule has 0 saturated carbocycles. The van der Waals surface area contributed by atoms with Gasteiger partial charge in [0.1, 0.15) is 11.3 Å². The van der Waals surface area contributed by atoms with E-state index in [-0.39, 0.29) is 23.0 Å². The summed E-state index contributed by atoms with van der Waals surface area (Å²) in [5.41, 5.74) is 3.26. The van der Waals surface area contributed by atoms with Crippen LogP contribution in [0, 0.1) is 0 Å². The Hall–Kier alpha value is -3.91. The lowest BCUT2D eigenvalue weighted by atomic mass is 10.0. The number of carboxylic acids is 1. The average molecular weight is 416 g/mol. The van der Waals surface area contributed by atoms with Gasteiger partial charge in [0.2, 0.25) is 0 Å². The Balaban J connectivity index is 1.60. The second-order valence-corrected chi connectivity index (χ2v) is 7.56. The number of aromatic hydroxyl groups is 1. The van der Waals surface area contributed by atoms with Crippen molar-refractivity contribution >= 4 is 17.1 Å². The molecule has 1 aliphatic heterocycles. The fourth-order valence-corrected chi connectivity index (χ4v) is 4.18. The van der Waals surface area contributed by atoms with Gasteiger partial charge in [0.15, 0.2) is 5.65 Å². The summed E-state index contributed by atoms with van der Waals surface area (Å²) in [5, 5.41) is 22.3. The van der Waals surface area contributed by atoms with E-state index in [0.29, 0.717) is 16.9 Å². The van der Waals surface area contributed by atoms with Crippen molar-refractivity contribution in [3.8, 4) is 22.6 Å². The minimum absolute atomic E-state index is 0.0665. The van der Waals surface area contributed by atoms with Gasteiger partial charge in [-0.05, 0) is 60.5 Å². The van der Waals surface area contributed by atoms with Crippen LogP contribution in [0.2, 0.25) is 0 Å². The van der Waals surface area contributed by atoms with Gasteiger partial charge in [-0.25, -0.2) is 14.6 Å². The summed E-state index contributed by atoms with van der Waals surface area (Å²) in [5.74, 6) is -1.47. The summed E-state index contributed by atoms with van der Waals surface area (Å²) in [6.45, 7) is 1.61. The van der Waals surface area contributed by atoms with Crippen molar-refractivity contribution in [2.45, 2.75) is 12.5 Å². The molecule has 31 heavy (non-hydrogen) atoms. The predicted molar refractivity (Wildman–Crippen MR) is 116 cm³/mol. The van der Waals surface area contributed by atoms with E-state index < -0.39 is 5.97 Å². The highest BCUT2D eigenvalue weighted by atomic mass is 16.4. The van der Waals surface area contributed by atoms with E-state index in [1.807, 2.05) is 36.4 Å². The zero-order chi connectivity index (χ0) is 21.5. The molecule has 8 heteroatoms. The summed E-state index contributed by atoms with van der Waals surface area (Å²) in [6.07, 6.45) is 2.57. The van der Waals surface area contributed by atoms with Gasteiger partial charge >= 0.3 is 11.7 Å². The van der Waals surface area contributed by atoms with Crippen LogP contribution in [0.3, 0.4) is 0 Å². The van der Waals surface area contributed by atoms with Crippen LogP contribution in [0.5, 0.6) is 5.75 Å². The van der Waals surface area contributed by atoms with Crippen molar-refractivity contribution in [2.75, 3.05) is 13.1 Å². The number of pyridine rings is 1. The average Bonchev–Trinajstić information content (AvgIpc) is 3.39. The molecule has 0 aliphatic carbocycles. The number of carbonyl (C=O) groups is 1. The van der Waals surface area contributed by atoms with Crippen molar-refractivity contribution in [3.05, 3.63) is 76.8 Å². The summed E-state index contributed by atoms with van der Waals surface area (Å²) in [6, 6.07) is 15.5. The van der Waals surface area contributed by atoms with Crippen molar-refractivity contribution in [2.24, 2.45) is 0 Å². The maximum Gasteiger partial charge on any atom is 0.339 e. The second kappa shape index (κ2) is 7.41. The van der Waals surface area contributed by atoms with Gasteiger partial charge < -0.3 is 15.5 Å². The highest BCUT2D eigenvalue weighted by molar-refractivity contribution is 5.92. The van der Waals surface area contributed by atoms with Crippen LogP contribution < -0.4 is 11.0 Å². The van der Waals surface area contributed by atoms with Crippen molar-refractivity contribution in [1.29, 1.82) is 0 Å². The molecule has 2 aromatic carbocycles. The molecule has 1 atom stereocenters. The second-order valence-electron chi connectivity index (χ2n) is 7.56. The summed E-state index contributed by atoms with van der Waals surface area (Å²) < 4.78 is 3.42. The minimum atomic E-state index is -1.19. The zero-order valence-electron chi connectivity index (χ0n) is 16.5. The third kappa shape index (κ3) is 3.17. The Bertz CT molecular complexity index is 1350. The quantitative estimate of drug-likeness (QED) is 0.472. The number of hydrogen-bond acceptors (Lipinski definition) is 5. The Morgan fingerprint density at radius 1 is 1.10 bits per heavy atom. The molecule has 1 aliphatic rings. The van der Waals surface area contributed by atoms with Crippen molar-refractivity contribution in [3.63, 3.8) is 0 Å². The molecule has 8 nitrogen and oxygen atoms in total. The van der Waals surface area contributed by atoms with Crippen molar-refractivity contribution < 1.29 is 15.0 Å². The summed E-state index contributed by atoms with van der Waals surface area (Å²) >= 11 is 0. The molecule has 156 valence electrons. The Morgan fingerprint density at radius 2 is 1.87 bits per heavy atom. The van der Waals surface area contributed by atoms with Gasteiger partial charge in [-0.1, -0.05) is 18.2 Å². The fourth-order valence-electron chi connectivity index (χ4n) is 4.18. The number of rotatable bonds is 4. The van der Waals surface area contributed by atoms with Crippen molar-refractivity contribution in [1.82, 2.24) is 19.4 Å². The molecule has 2 aromatic heterocycles. The van der Waals surface area contributed by atoms with Crippen LogP contribution in [0.25, 0.3) is 28.0 Å². The van der Waals surface area contributed by atoms with Gasteiger partial charge in [0.05, 0.1) is 17.2 Å². The molecule has 5 rings (SSSR count). The third-order valence-corrected chi connectivity index (χ3v) is 5.72. The molecule has 1 unspecified atom stereocenters. The minimum Gasteiger partial charge on any atom is -0.507 e. The van der Waals surface area contributed by atoms with Crippen LogP contribution in [-0.2, 0) is 0 Å². The third-order valence-electron chi connectivity index (χ3n) is 5.72. The Morgan fingerprint density at radius 3 is 2.58 bits per heavy atom. The van der Waals surface area contributed by atoms with E-state index in [4.69, 9.17) is 0 Å². The van der Waals surface area contributed by atoms with E-state index in [9.17, 15) is 19.8 Å². The van der Waals surface area contributed by atoms with Crippen LogP contribution in [-0.4, -0.2) is 43.4 Å². The Kier molecular flexibility index (Phi) is 4.56. The number of hydrogen-bond donors (Lipinski definition) is 3. The molecule has 0 spiro atoms. The molecule has 1 saturated heterocycles. The van der Waals surface area contributed by atoms with Gasteiger partial charge in [-0.2, -0.15) is 0 Å². The highest BCUT2D eigenvalue weighted by Gasteiger charge is 2.24. The van der Waals surface area contributed by atoms with Crippen LogP contribution in [0.4, 0.5) is 0 Å². The van der Waals surface area contributed by atoms with Gasteiger partial charge in [0, 0.05) is 12.7 Å². The lowest BCUT2D eigenvalue weighted by molar-refractivity contribution is 0.0694. The number of imidazole rings is 1. The SMILES string of the molecule is O=C(O)c1cc(-c2ccc(-n3c(=O)n(C4CCNC4)c4ncccc43)cc2)ccc1O. The molecular weight excluding hydrogens is 396 g/mol. The van der Waals surface area contributed by atoms with E-state index in [0.717, 1.165) is 30.6 Å². The number of nitrogens with zero attached hydrogens (tertiary/aromatic N) is 3. The number of phenols is 1. The van der Waals surface area contributed by atoms with Gasteiger partial charge in [-0.15, -0.1) is 0 Å². The van der Waals surface area contributed by atoms with E-state index in [1.165, 1.54) is 12.1 Å². The monoisotopic (exact) mass is 416 g/mol. The Labute approximate surface area is 177 Å². The molecule has 3 heterocycles. The lowest BCUT2D eigenvalue weighted by Crippen LogP contribution is -2.28. The molecule has 4 aromatic rings. The topological polar surface area (TPSA) is 109 Å². The summed E-state index contributed by atoms with van der Waals surface area (Å²) in [4.78, 5) is 29.1. The van der Waals surface area contributed by atoms with E-state index in [2.05, 4.69) is 10.3 Å². The number of fused-ring (bicyclic) bond motifs is 1. The van der Waals surface area contributed by atoms with E-state index >= 15 is 0 Å². The molecule has 0 amide bonds. The molecule has 0 bridgehead atoms. The maximum atomic E-state index is 13.4. The normalized spacial score (nSPS) is 16.1. The number of aromatic carboxylic acids is 1. The standard InChI is InChI=1S/C23H20N4O4/c28-20-8-5-15(12-18(20)22(29)30)14-3-6-16(7-4-14)26-19-2-1-10-25-21(19)27(23(26)31)17-9-11-24-13-17/h1-8,10,12,17,24,28H,9,11,13H2,(H,29,30). The molecule has 0 radical (unpaired) electrons. The number of aromatic nitrogens is 3. The molecule has 1 fully saturated rings. The first-order chi connectivity index (χ1) is 15.0. The van der Waals surface area contributed by atoms with Crippen LogP contribution in [0.1, 0.15) is 22.8 Å². The maximum absolute atomic E-state index is 13.4. The smallest absolute Gasteiger partial charge is 0.339 e. The van der Waals surface area contributed by atoms with Gasteiger partial charge in [0.25, 0.3) is 0 Å². The lowest BCUT2D eigenvalue weighted by Gasteiger charge is -2.09. The largest absolute Gasteiger partial charge is 0.507 e.